The predicted octanol–water partition coefficient (Wildman–Crippen LogP) is 3.01. The van der Waals surface area contributed by atoms with Crippen LogP contribution in [-0.2, 0) is 0 Å². The fourth-order valence-electron chi connectivity index (χ4n) is 3.28. The van der Waals surface area contributed by atoms with Gasteiger partial charge in [-0.15, -0.1) is 11.3 Å². The van der Waals surface area contributed by atoms with E-state index in [1.165, 1.54) is 0 Å². The standard InChI is InChI=1S/C18H21N3O3S/c1-2-21(13-3-4-15-16(9-13)24-11-23-15)18(22)14-10-25-17(20-14)12-5-7-19-8-6-12/h3-4,9-10,12,19H,2,5-8,11H2,1H3. The summed E-state index contributed by atoms with van der Waals surface area (Å²) in [6.45, 7) is 4.80. The largest absolute Gasteiger partial charge is 0.454 e. The van der Waals surface area contributed by atoms with Crippen molar-refractivity contribution in [1.82, 2.24) is 10.3 Å². The van der Waals surface area contributed by atoms with E-state index in [9.17, 15) is 4.79 Å². The van der Waals surface area contributed by atoms with Crippen molar-refractivity contribution in [3.05, 3.63) is 34.3 Å². The van der Waals surface area contributed by atoms with Crippen LogP contribution in [0.1, 0.15) is 41.2 Å². The summed E-state index contributed by atoms with van der Waals surface area (Å²) in [4.78, 5) is 19.3. The molecular formula is C18H21N3O3S. The Bertz CT molecular complexity index is 771. The van der Waals surface area contributed by atoms with Crippen LogP contribution in [0.4, 0.5) is 5.69 Å². The predicted molar refractivity (Wildman–Crippen MR) is 96.9 cm³/mol. The second-order valence-corrected chi connectivity index (χ2v) is 7.07. The summed E-state index contributed by atoms with van der Waals surface area (Å²) in [6.07, 6.45) is 2.17. The van der Waals surface area contributed by atoms with Gasteiger partial charge in [-0.3, -0.25) is 4.79 Å². The number of piperidine rings is 1. The van der Waals surface area contributed by atoms with Crippen LogP contribution in [0.15, 0.2) is 23.6 Å². The van der Waals surface area contributed by atoms with Gasteiger partial charge in [0, 0.05) is 29.6 Å². The number of hydrogen-bond donors (Lipinski definition) is 1. The van der Waals surface area contributed by atoms with Crippen LogP contribution in [0.25, 0.3) is 0 Å². The van der Waals surface area contributed by atoms with Gasteiger partial charge in [0.25, 0.3) is 5.91 Å². The normalized spacial score (nSPS) is 16.8. The van der Waals surface area contributed by atoms with E-state index in [2.05, 4.69) is 10.3 Å². The van der Waals surface area contributed by atoms with Crippen LogP contribution >= 0.6 is 11.3 Å². The Morgan fingerprint density at radius 2 is 2.12 bits per heavy atom. The molecular weight excluding hydrogens is 338 g/mol. The van der Waals surface area contributed by atoms with Crippen molar-refractivity contribution < 1.29 is 14.3 Å². The molecule has 0 radical (unpaired) electrons. The zero-order valence-corrected chi connectivity index (χ0v) is 15.0. The molecule has 2 aromatic rings. The molecule has 0 atom stereocenters. The van der Waals surface area contributed by atoms with Crippen molar-refractivity contribution in [1.29, 1.82) is 0 Å². The number of aromatic nitrogens is 1. The first kappa shape index (κ1) is 16.4. The third-order valence-electron chi connectivity index (χ3n) is 4.66. The summed E-state index contributed by atoms with van der Waals surface area (Å²) in [5.74, 6) is 1.79. The fourth-order valence-corrected chi connectivity index (χ4v) is 4.24. The molecule has 0 unspecified atom stereocenters. The Morgan fingerprint density at radius 3 is 2.92 bits per heavy atom. The average molecular weight is 359 g/mol. The van der Waals surface area contributed by atoms with E-state index in [-0.39, 0.29) is 12.7 Å². The summed E-state index contributed by atoms with van der Waals surface area (Å²) < 4.78 is 10.8. The molecule has 0 bridgehead atoms. The highest BCUT2D eigenvalue weighted by atomic mass is 32.1. The molecule has 1 fully saturated rings. The minimum Gasteiger partial charge on any atom is -0.454 e. The van der Waals surface area contributed by atoms with Crippen LogP contribution in [0.3, 0.4) is 0 Å². The van der Waals surface area contributed by atoms with E-state index in [0.717, 1.165) is 36.6 Å². The lowest BCUT2D eigenvalue weighted by molar-refractivity contribution is 0.0984. The fraction of sp³-hybridized carbons (Fsp3) is 0.444. The third-order valence-corrected chi connectivity index (χ3v) is 5.67. The van der Waals surface area contributed by atoms with Crippen molar-refractivity contribution in [2.45, 2.75) is 25.7 Å². The maximum atomic E-state index is 13.0. The molecule has 4 rings (SSSR count). The number of thiazole rings is 1. The van der Waals surface area contributed by atoms with Gasteiger partial charge in [-0.25, -0.2) is 4.98 Å². The molecule has 2 aliphatic rings. The number of ether oxygens (including phenoxy) is 2. The molecule has 132 valence electrons. The zero-order chi connectivity index (χ0) is 17.2. The Kier molecular flexibility index (Phi) is 4.59. The van der Waals surface area contributed by atoms with Crippen LogP contribution in [0.2, 0.25) is 0 Å². The Morgan fingerprint density at radius 1 is 1.32 bits per heavy atom. The van der Waals surface area contributed by atoms with Crippen molar-refractivity contribution in [3.63, 3.8) is 0 Å². The number of hydrogen-bond acceptors (Lipinski definition) is 6. The number of rotatable bonds is 4. The van der Waals surface area contributed by atoms with Gasteiger partial charge in [-0.05, 0) is 45.0 Å². The number of benzene rings is 1. The van der Waals surface area contributed by atoms with Gasteiger partial charge in [0.05, 0.1) is 5.01 Å². The molecule has 1 aromatic carbocycles. The minimum absolute atomic E-state index is 0.0715. The first-order valence-electron chi connectivity index (χ1n) is 8.64. The van der Waals surface area contributed by atoms with E-state index < -0.39 is 0 Å². The van der Waals surface area contributed by atoms with Gasteiger partial charge in [0.1, 0.15) is 5.69 Å². The minimum atomic E-state index is -0.0715. The van der Waals surface area contributed by atoms with Crippen molar-refractivity contribution >= 4 is 22.9 Å². The average Bonchev–Trinajstić information content (AvgIpc) is 3.32. The van der Waals surface area contributed by atoms with Gasteiger partial charge < -0.3 is 19.7 Å². The Hall–Kier alpha value is -2.12. The number of carbonyl (C=O) groups is 1. The van der Waals surface area contributed by atoms with Crippen LogP contribution in [0.5, 0.6) is 11.5 Å². The molecule has 1 amide bonds. The molecule has 6 nitrogen and oxygen atoms in total. The summed E-state index contributed by atoms with van der Waals surface area (Å²) >= 11 is 1.60. The summed E-state index contributed by atoms with van der Waals surface area (Å²) in [5, 5.41) is 6.32. The van der Waals surface area contributed by atoms with E-state index >= 15 is 0 Å². The second-order valence-electron chi connectivity index (χ2n) is 6.18. The Balaban J connectivity index is 1.55. The molecule has 0 saturated carbocycles. The van der Waals surface area contributed by atoms with Gasteiger partial charge >= 0.3 is 0 Å². The topological polar surface area (TPSA) is 63.7 Å². The second kappa shape index (κ2) is 7.01. The van der Waals surface area contributed by atoms with Gasteiger partial charge in [-0.1, -0.05) is 0 Å². The van der Waals surface area contributed by atoms with Crippen LogP contribution in [0, 0.1) is 0 Å². The maximum Gasteiger partial charge on any atom is 0.277 e. The van der Waals surface area contributed by atoms with Gasteiger partial charge in [-0.2, -0.15) is 0 Å². The molecule has 3 heterocycles. The number of fused-ring (bicyclic) bond motifs is 1. The summed E-state index contributed by atoms with van der Waals surface area (Å²) in [5.41, 5.74) is 1.33. The van der Waals surface area contributed by atoms with Crippen molar-refractivity contribution in [3.8, 4) is 11.5 Å². The van der Waals surface area contributed by atoms with E-state index in [1.807, 2.05) is 30.5 Å². The lowest BCUT2D eigenvalue weighted by atomic mass is 9.99. The van der Waals surface area contributed by atoms with Gasteiger partial charge in [0.15, 0.2) is 11.5 Å². The quantitative estimate of drug-likeness (QED) is 0.909. The number of carbonyl (C=O) groups excluding carboxylic acids is 1. The zero-order valence-electron chi connectivity index (χ0n) is 14.2. The number of nitrogens with one attached hydrogen (secondary N) is 1. The monoisotopic (exact) mass is 359 g/mol. The SMILES string of the molecule is CCN(C(=O)c1csc(C2CCNCC2)n1)c1ccc2c(c1)OCO2. The molecule has 0 aliphatic carbocycles. The van der Waals surface area contributed by atoms with Crippen molar-refractivity contribution in [2.75, 3.05) is 31.3 Å². The molecule has 7 heteroatoms. The van der Waals surface area contributed by atoms with E-state index in [0.29, 0.717) is 29.7 Å². The molecule has 25 heavy (non-hydrogen) atoms. The lowest BCUT2D eigenvalue weighted by Crippen LogP contribution is -2.31. The molecule has 1 N–H and O–H groups in total. The smallest absolute Gasteiger partial charge is 0.277 e. The number of nitrogens with zero attached hydrogens (tertiary/aromatic N) is 2. The van der Waals surface area contributed by atoms with Crippen molar-refractivity contribution in [2.24, 2.45) is 0 Å². The maximum absolute atomic E-state index is 13.0. The first-order valence-corrected chi connectivity index (χ1v) is 9.52. The van der Waals surface area contributed by atoms with Gasteiger partial charge in [0.2, 0.25) is 6.79 Å². The summed E-state index contributed by atoms with van der Waals surface area (Å²) in [7, 11) is 0. The molecule has 1 saturated heterocycles. The highest BCUT2D eigenvalue weighted by Gasteiger charge is 2.24. The molecule has 0 spiro atoms. The summed E-state index contributed by atoms with van der Waals surface area (Å²) in [6, 6.07) is 5.58. The molecule has 2 aliphatic heterocycles. The number of anilines is 1. The first-order chi connectivity index (χ1) is 12.3. The Labute approximate surface area is 150 Å². The lowest BCUT2D eigenvalue weighted by Gasteiger charge is -2.21. The highest BCUT2D eigenvalue weighted by molar-refractivity contribution is 7.10. The molecule has 1 aromatic heterocycles. The van der Waals surface area contributed by atoms with Crippen LogP contribution < -0.4 is 19.7 Å². The van der Waals surface area contributed by atoms with E-state index in [4.69, 9.17) is 9.47 Å². The van der Waals surface area contributed by atoms with E-state index in [1.54, 1.807) is 16.2 Å². The number of amides is 1. The third kappa shape index (κ3) is 3.21. The van der Waals surface area contributed by atoms with Crippen LogP contribution in [-0.4, -0.2) is 37.3 Å². The highest BCUT2D eigenvalue weighted by Crippen LogP contribution is 2.36.